The number of aromatic nitrogens is 1. The van der Waals surface area contributed by atoms with Crippen LogP contribution in [0.3, 0.4) is 0 Å². The fourth-order valence-electron chi connectivity index (χ4n) is 3.28. The molecule has 1 aliphatic heterocycles. The number of nitrogens with zero attached hydrogens (tertiary/aromatic N) is 2. The Morgan fingerprint density at radius 2 is 1.70 bits per heavy atom. The highest BCUT2D eigenvalue weighted by atomic mass is 35.5. The minimum Gasteiger partial charge on any atom is -0.439 e. The number of halogens is 2. The topological polar surface area (TPSA) is 41.3 Å². The fourth-order valence-corrected chi connectivity index (χ4v) is 3.28. The molecule has 1 N–H and O–H groups in total. The second kappa shape index (κ2) is 10.4. The van der Waals surface area contributed by atoms with Gasteiger partial charge in [0, 0.05) is 19.1 Å². The number of hydrogen-bond donors (Lipinski definition) is 1. The monoisotopic (exact) mass is 405 g/mol. The summed E-state index contributed by atoms with van der Waals surface area (Å²) in [5, 5.41) is 3.53. The van der Waals surface area contributed by atoms with Crippen molar-refractivity contribution in [2.45, 2.75) is 25.4 Å². The average molecular weight is 406 g/mol. The molecule has 4 nitrogen and oxygen atoms in total. The van der Waals surface area contributed by atoms with Crippen LogP contribution < -0.4 is 5.32 Å². The first-order valence-corrected chi connectivity index (χ1v) is 8.91. The van der Waals surface area contributed by atoms with Crippen LogP contribution in [-0.4, -0.2) is 29.0 Å². The van der Waals surface area contributed by atoms with Gasteiger partial charge in [-0.05, 0) is 42.8 Å². The van der Waals surface area contributed by atoms with Crippen molar-refractivity contribution in [2.24, 2.45) is 0 Å². The molecule has 4 rings (SSSR count). The van der Waals surface area contributed by atoms with Crippen molar-refractivity contribution < 1.29 is 4.42 Å². The molecule has 1 aromatic heterocycles. The first kappa shape index (κ1) is 21.3. The number of benzene rings is 2. The van der Waals surface area contributed by atoms with Crippen LogP contribution in [0.1, 0.15) is 24.3 Å². The molecule has 1 fully saturated rings. The van der Waals surface area contributed by atoms with E-state index in [4.69, 9.17) is 4.42 Å². The van der Waals surface area contributed by atoms with Crippen molar-refractivity contribution in [3.8, 4) is 0 Å². The maximum absolute atomic E-state index is 5.83. The lowest BCUT2D eigenvalue weighted by atomic mass is 10.1. The maximum Gasteiger partial charge on any atom is 0.209 e. The Labute approximate surface area is 172 Å². The Balaban J connectivity index is 0.00000131. The van der Waals surface area contributed by atoms with Gasteiger partial charge in [-0.1, -0.05) is 42.5 Å². The normalized spacial score (nSPS) is 15.4. The summed E-state index contributed by atoms with van der Waals surface area (Å²) in [6.45, 7) is 2.92. The van der Waals surface area contributed by atoms with Crippen molar-refractivity contribution in [2.75, 3.05) is 13.1 Å². The molecular formula is C21H25Cl2N3O. The molecule has 2 aromatic carbocycles. The van der Waals surface area contributed by atoms with E-state index in [1.54, 1.807) is 0 Å². The highest BCUT2D eigenvalue weighted by Gasteiger charge is 2.19. The van der Waals surface area contributed by atoms with E-state index < -0.39 is 0 Å². The lowest BCUT2D eigenvalue weighted by Crippen LogP contribution is -2.40. The van der Waals surface area contributed by atoms with Crippen molar-refractivity contribution in [1.82, 2.24) is 15.2 Å². The third-order valence-electron chi connectivity index (χ3n) is 4.69. The van der Waals surface area contributed by atoms with E-state index in [-0.39, 0.29) is 24.8 Å². The van der Waals surface area contributed by atoms with Crippen LogP contribution in [0, 0.1) is 0 Å². The number of hydrogen-bond acceptors (Lipinski definition) is 4. The quantitative estimate of drug-likeness (QED) is 0.655. The van der Waals surface area contributed by atoms with Gasteiger partial charge in [0.05, 0.1) is 6.54 Å². The second-order valence-electron chi connectivity index (χ2n) is 6.54. The van der Waals surface area contributed by atoms with Gasteiger partial charge >= 0.3 is 0 Å². The van der Waals surface area contributed by atoms with Crippen molar-refractivity contribution in [3.05, 3.63) is 72.3 Å². The van der Waals surface area contributed by atoms with Gasteiger partial charge in [0.1, 0.15) is 5.52 Å². The van der Waals surface area contributed by atoms with Gasteiger partial charge in [-0.25, -0.2) is 4.98 Å². The lowest BCUT2D eigenvalue weighted by molar-refractivity contribution is 0.182. The number of fused-ring (bicyclic) bond motifs is 1. The van der Waals surface area contributed by atoms with E-state index in [0.29, 0.717) is 6.04 Å². The molecule has 0 unspecified atom stereocenters. The van der Waals surface area contributed by atoms with Gasteiger partial charge in [-0.3, -0.25) is 4.90 Å². The predicted molar refractivity (Wildman–Crippen MR) is 115 cm³/mol. The Morgan fingerprint density at radius 1 is 1.00 bits per heavy atom. The maximum atomic E-state index is 5.83. The van der Waals surface area contributed by atoms with Gasteiger partial charge < -0.3 is 9.73 Å². The summed E-state index contributed by atoms with van der Waals surface area (Å²) >= 11 is 0. The van der Waals surface area contributed by atoms with Crippen molar-refractivity contribution in [1.29, 1.82) is 0 Å². The fraction of sp³-hybridized carbons (Fsp3) is 0.286. The third kappa shape index (κ3) is 5.73. The van der Waals surface area contributed by atoms with Gasteiger partial charge in [0.25, 0.3) is 0 Å². The molecule has 0 spiro atoms. The SMILES string of the molecule is C(=Cc1ccccc1)NC1CCN(Cc2nc3ccccc3o2)CC1.Cl.Cl. The largest absolute Gasteiger partial charge is 0.439 e. The average Bonchev–Trinajstić information content (AvgIpc) is 3.06. The third-order valence-corrected chi connectivity index (χ3v) is 4.69. The first-order chi connectivity index (χ1) is 12.4. The summed E-state index contributed by atoms with van der Waals surface area (Å²) in [5.74, 6) is 0.816. The molecule has 0 amide bonds. The number of piperidine rings is 1. The van der Waals surface area contributed by atoms with Crippen LogP contribution >= 0.6 is 24.8 Å². The summed E-state index contributed by atoms with van der Waals surface area (Å²) in [5.41, 5.74) is 3.04. The van der Waals surface area contributed by atoms with E-state index in [0.717, 1.165) is 49.5 Å². The molecule has 0 radical (unpaired) electrons. The zero-order valence-electron chi connectivity index (χ0n) is 15.1. The molecule has 144 valence electrons. The van der Waals surface area contributed by atoms with Crippen LogP contribution in [0.2, 0.25) is 0 Å². The van der Waals surface area contributed by atoms with Gasteiger partial charge in [-0.15, -0.1) is 24.8 Å². The summed E-state index contributed by atoms with van der Waals surface area (Å²) in [6, 6.07) is 18.9. The first-order valence-electron chi connectivity index (χ1n) is 8.91. The van der Waals surface area contributed by atoms with E-state index in [2.05, 4.69) is 51.7 Å². The van der Waals surface area contributed by atoms with Crippen LogP contribution in [0.15, 0.2) is 65.2 Å². The summed E-state index contributed by atoms with van der Waals surface area (Å²) in [6.07, 6.45) is 6.49. The zero-order valence-corrected chi connectivity index (χ0v) is 16.7. The Morgan fingerprint density at radius 3 is 2.44 bits per heavy atom. The Bertz CT molecular complexity index is 810. The van der Waals surface area contributed by atoms with Crippen LogP contribution in [-0.2, 0) is 6.54 Å². The standard InChI is InChI=1S/C21H23N3O.2ClH/c1-2-6-17(7-3-1)10-13-22-18-11-14-24(15-12-18)16-21-23-19-8-4-5-9-20(19)25-21;;/h1-10,13,18,22H,11-12,14-16H2;2*1H. The number of para-hydroxylation sites is 2. The van der Waals surface area contributed by atoms with Gasteiger partial charge in [0.2, 0.25) is 5.89 Å². The smallest absolute Gasteiger partial charge is 0.209 e. The number of oxazole rings is 1. The molecule has 6 heteroatoms. The minimum atomic E-state index is 0. The molecular weight excluding hydrogens is 381 g/mol. The molecule has 0 atom stereocenters. The number of rotatable bonds is 5. The summed E-state index contributed by atoms with van der Waals surface area (Å²) < 4.78 is 5.83. The van der Waals surface area contributed by atoms with Crippen molar-refractivity contribution in [3.63, 3.8) is 0 Å². The zero-order chi connectivity index (χ0) is 16.9. The summed E-state index contributed by atoms with van der Waals surface area (Å²) in [4.78, 5) is 6.99. The molecule has 0 bridgehead atoms. The molecule has 3 aromatic rings. The molecule has 0 aliphatic carbocycles. The van der Waals surface area contributed by atoms with Crippen LogP contribution in [0.25, 0.3) is 17.2 Å². The lowest BCUT2D eigenvalue weighted by Gasteiger charge is -2.31. The molecule has 0 saturated carbocycles. The van der Waals surface area contributed by atoms with E-state index in [9.17, 15) is 0 Å². The number of likely N-dealkylation sites (tertiary alicyclic amines) is 1. The second-order valence-corrected chi connectivity index (χ2v) is 6.54. The van der Waals surface area contributed by atoms with Gasteiger partial charge in [0.15, 0.2) is 5.58 Å². The van der Waals surface area contributed by atoms with E-state index in [1.807, 2.05) is 30.3 Å². The predicted octanol–water partition coefficient (Wildman–Crippen LogP) is 4.90. The minimum absolute atomic E-state index is 0. The summed E-state index contributed by atoms with van der Waals surface area (Å²) in [7, 11) is 0. The van der Waals surface area contributed by atoms with Crippen molar-refractivity contribution >= 4 is 42.0 Å². The molecule has 1 aliphatic rings. The Kier molecular flexibility index (Phi) is 8.17. The highest BCUT2D eigenvalue weighted by molar-refractivity contribution is 5.85. The number of nitrogens with one attached hydrogen (secondary N) is 1. The molecule has 1 saturated heterocycles. The molecule has 2 heterocycles. The van der Waals surface area contributed by atoms with Gasteiger partial charge in [-0.2, -0.15) is 0 Å². The van der Waals surface area contributed by atoms with Crippen LogP contribution in [0.4, 0.5) is 0 Å². The Hall–Kier alpha value is -2.01. The van der Waals surface area contributed by atoms with Crippen LogP contribution in [0.5, 0.6) is 0 Å². The highest BCUT2D eigenvalue weighted by Crippen LogP contribution is 2.18. The van der Waals surface area contributed by atoms with E-state index >= 15 is 0 Å². The molecule has 27 heavy (non-hydrogen) atoms. The van der Waals surface area contributed by atoms with E-state index in [1.165, 1.54) is 5.56 Å².